The minimum Gasteiger partial charge on any atom is -0.348 e. The highest BCUT2D eigenvalue weighted by Gasteiger charge is 2.39. The molecule has 0 radical (unpaired) electrons. The predicted octanol–water partition coefficient (Wildman–Crippen LogP) is 5.34. The van der Waals surface area contributed by atoms with Crippen LogP contribution in [0.15, 0.2) is 85.1 Å². The van der Waals surface area contributed by atoms with Gasteiger partial charge in [0.25, 0.3) is 0 Å². The lowest BCUT2D eigenvalue weighted by atomic mass is 10.0. The Balaban J connectivity index is 0.987. The van der Waals surface area contributed by atoms with Crippen molar-refractivity contribution in [3.63, 3.8) is 0 Å². The second kappa shape index (κ2) is 14.5. The Labute approximate surface area is 287 Å². The van der Waals surface area contributed by atoms with Gasteiger partial charge in [-0.05, 0) is 92.9 Å². The number of carbonyl (C=O) groups is 3. The van der Waals surface area contributed by atoms with Gasteiger partial charge in [0.15, 0.2) is 0 Å². The maximum atomic E-state index is 14.0. The summed E-state index contributed by atoms with van der Waals surface area (Å²) in [4.78, 5) is 49.2. The molecule has 7 rings (SSSR count). The van der Waals surface area contributed by atoms with Gasteiger partial charge in [0.2, 0.25) is 17.7 Å². The van der Waals surface area contributed by atoms with Crippen molar-refractivity contribution in [3.05, 3.63) is 113 Å². The number of benzene rings is 3. The number of nitrogens with one attached hydrogen (secondary N) is 4. The standard InChI is InChI=1S/C40H42N6O3/c1-26(43-39(48)33-9-5-23-41-33)29-17-13-27(14-18-29)11-12-28-15-19-30(20-16-28)34-25-42-37(44-34)35-10-6-24-46(35)40(49)36(31-7-3-2-4-8-31)45-38(47)32-21-22-32/h2-4,7-8,13-20,25-26,32-33,35-36,41H,5-6,9-10,21-24H2,1H3,(H,42,44)(H,43,48)(H,45,47)/t26-,33-,35-,36+/m0/s1. The predicted molar refractivity (Wildman–Crippen MR) is 188 cm³/mol. The lowest BCUT2D eigenvalue weighted by Crippen LogP contribution is -2.43. The molecule has 3 aliphatic rings. The fraction of sp³-hybridized carbons (Fsp3) is 0.350. The summed E-state index contributed by atoms with van der Waals surface area (Å²) >= 11 is 0. The molecule has 49 heavy (non-hydrogen) atoms. The Morgan fingerprint density at radius 2 is 1.53 bits per heavy atom. The molecule has 2 saturated heterocycles. The number of aromatic nitrogens is 2. The number of carbonyl (C=O) groups excluding carboxylic acids is 3. The van der Waals surface area contributed by atoms with E-state index in [0.29, 0.717) is 6.54 Å². The largest absolute Gasteiger partial charge is 0.348 e. The summed E-state index contributed by atoms with van der Waals surface area (Å²) in [5, 5.41) is 9.38. The second-order valence-corrected chi connectivity index (χ2v) is 13.3. The first-order valence-electron chi connectivity index (χ1n) is 17.4. The molecule has 9 nitrogen and oxygen atoms in total. The fourth-order valence-corrected chi connectivity index (χ4v) is 6.71. The van der Waals surface area contributed by atoms with Gasteiger partial charge in [-0.25, -0.2) is 4.98 Å². The maximum Gasteiger partial charge on any atom is 0.250 e. The Hall–Kier alpha value is -5.20. The number of amides is 3. The Morgan fingerprint density at radius 1 is 0.816 bits per heavy atom. The summed E-state index contributed by atoms with van der Waals surface area (Å²) in [5.74, 6) is 7.16. The summed E-state index contributed by atoms with van der Waals surface area (Å²) in [6, 6.07) is 24.5. The van der Waals surface area contributed by atoms with Crippen molar-refractivity contribution in [2.45, 2.75) is 69.6 Å². The van der Waals surface area contributed by atoms with Gasteiger partial charge < -0.3 is 25.8 Å². The lowest BCUT2D eigenvalue weighted by molar-refractivity contribution is -0.137. The van der Waals surface area contributed by atoms with Gasteiger partial charge in [0.1, 0.15) is 11.9 Å². The van der Waals surface area contributed by atoms with Gasteiger partial charge in [-0.3, -0.25) is 14.4 Å². The monoisotopic (exact) mass is 654 g/mol. The zero-order valence-electron chi connectivity index (χ0n) is 27.7. The van der Waals surface area contributed by atoms with E-state index in [-0.39, 0.29) is 41.8 Å². The number of nitrogens with zero attached hydrogens (tertiary/aromatic N) is 2. The first-order chi connectivity index (χ1) is 23.9. The number of imidazole rings is 1. The van der Waals surface area contributed by atoms with E-state index >= 15 is 0 Å². The minimum atomic E-state index is -0.716. The Morgan fingerprint density at radius 3 is 2.20 bits per heavy atom. The van der Waals surface area contributed by atoms with E-state index in [1.54, 1.807) is 0 Å². The van der Waals surface area contributed by atoms with E-state index in [1.807, 2.05) is 96.9 Å². The van der Waals surface area contributed by atoms with E-state index in [1.165, 1.54) is 0 Å². The molecule has 1 saturated carbocycles. The van der Waals surface area contributed by atoms with Gasteiger partial charge in [0, 0.05) is 23.6 Å². The van der Waals surface area contributed by atoms with Crippen LogP contribution in [0.25, 0.3) is 11.3 Å². The van der Waals surface area contributed by atoms with Crippen LogP contribution < -0.4 is 16.0 Å². The third kappa shape index (κ3) is 7.60. The molecule has 1 aliphatic carbocycles. The molecule has 3 aromatic carbocycles. The van der Waals surface area contributed by atoms with Gasteiger partial charge in [-0.1, -0.05) is 66.4 Å². The molecule has 250 valence electrons. The number of hydrogen-bond donors (Lipinski definition) is 4. The zero-order valence-corrected chi connectivity index (χ0v) is 27.7. The number of aromatic amines is 1. The molecule has 4 aromatic rings. The van der Waals surface area contributed by atoms with Crippen LogP contribution in [-0.2, 0) is 14.4 Å². The third-order valence-electron chi connectivity index (χ3n) is 9.75. The SMILES string of the molecule is C[C@H](NC(=O)[C@@H]1CCCN1)c1ccc(C#Cc2ccc(-c3cnc([C@@H]4CCCN4C(=O)[C@H](NC(=O)C4CC4)c4ccccc4)[nH]3)cc2)cc1. The van der Waals surface area contributed by atoms with Crippen molar-refractivity contribution in [1.29, 1.82) is 0 Å². The van der Waals surface area contributed by atoms with Crippen LogP contribution in [-0.4, -0.2) is 51.7 Å². The van der Waals surface area contributed by atoms with Crippen molar-refractivity contribution in [1.82, 2.24) is 30.8 Å². The first kappa shape index (κ1) is 32.4. The quantitative estimate of drug-likeness (QED) is 0.182. The Bertz CT molecular complexity index is 1850. The van der Waals surface area contributed by atoms with Crippen LogP contribution in [0.1, 0.15) is 91.7 Å². The summed E-state index contributed by atoms with van der Waals surface area (Å²) in [7, 11) is 0. The first-order valence-corrected chi connectivity index (χ1v) is 17.4. The summed E-state index contributed by atoms with van der Waals surface area (Å²) in [6.45, 7) is 3.52. The molecule has 4 atom stereocenters. The normalized spacial score (nSPS) is 19.8. The van der Waals surface area contributed by atoms with Gasteiger partial charge >= 0.3 is 0 Å². The molecule has 4 N–H and O–H groups in total. The highest BCUT2D eigenvalue weighted by Crippen LogP contribution is 2.35. The molecule has 0 unspecified atom stereocenters. The minimum absolute atomic E-state index is 0.0133. The number of likely N-dealkylation sites (tertiary alicyclic amines) is 1. The van der Waals surface area contributed by atoms with Crippen LogP contribution in [0.4, 0.5) is 0 Å². The van der Waals surface area contributed by atoms with Crippen LogP contribution in [0.3, 0.4) is 0 Å². The van der Waals surface area contributed by atoms with E-state index < -0.39 is 6.04 Å². The van der Waals surface area contributed by atoms with E-state index in [0.717, 1.165) is 84.4 Å². The molecule has 2 aliphatic heterocycles. The second-order valence-electron chi connectivity index (χ2n) is 13.3. The molecule has 3 fully saturated rings. The molecule has 0 spiro atoms. The molecule has 3 amide bonds. The van der Waals surface area contributed by atoms with Crippen molar-refractivity contribution in [3.8, 4) is 23.1 Å². The molecule has 3 heterocycles. The smallest absolute Gasteiger partial charge is 0.250 e. The van der Waals surface area contributed by atoms with E-state index in [4.69, 9.17) is 4.98 Å². The average molecular weight is 655 g/mol. The summed E-state index contributed by atoms with van der Waals surface area (Å²) in [6.07, 6.45) is 7.17. The van der Waals surface area contributed by atoms with Gasteiger partial charge in [-0.15, -0.1) is 0 Å². The highest BCUT2D eigenvalue weighted by molar-refractivity contribution is 5.90. The van der Waals surface area contributed by atoms with Crippen LogP contribution in [0.2, 0.25) is 0 Å². The van der Waals surface area contributed by atoms with Crippen molar-refractivity contribution >= 4 is 17.7 Å². The molecule has 9 heteroatoms. The van der Waals surface area contributed by atoms with E-state index in [2.05, 4.69) is 32.8 Å². The fourth-order valence-electron chi connectivity index (χ4n) is 6.71. The van der Waals surface area contributed by atoms with Crippen molar-refractivity contribution in [2.75, 3.05) is 13.1 Å². The topological polar surface area (TPSA) is 119 Å². The Kier molecular flexibility index (Phi) is 9.58. The average Bonchev–Trinajstić information content (AvgIpc) is 3.48. The third-order valence-corrected chi connectivity index (χ3v) is 9.75. The summed E-state index contributed by atoms with van der Waals surface area (Å²) < 4.78 is 0. The van der Waals surface area contributed by atoms with Gasteiger partial charge in [-0.2, -0.15) is 0 Å². The van der Waals surface area contributed by atoms with Gasteiger partial charge in [0.05, 0.1) is 30.0 Å². The van der Waals surface area contributed by atoms with Crippen LogP contribution >= 0.6 is 0 Å². The van der Waals surface area contributed by atoms with E-state index in [9.17, 15) is 14.4 Å². The molecule has 1 aromatic heterocycles. The highest BCUT2D eigenvalue weighted by atomic mass is 16.2. The number of H-pyrrole nitrogens is 1. The molecular weight excluding hydrogens is 612 g/mol. The summed E-state index contributed by atoms with van der Waals surface area (Å²) in [5.41, 5.74) is 5.48. The number of rotatable bonds is 9. The molecular formula is C40H42N6O3. The van der Waals surface area contributed by atoms with Crippen LogP contribution in [0.5, 0.6) is 0 Å². The maximum absolute atomic E-state index is 14.0. The van der Waals surface area contributed by atoms with Crippen molar-refractivity contribution < 1.29 is 14.4 Å². The van der Waals surface area contributed by atoms with Crippen LogP contribution in [0, 0.1) is 17.8 Å². The lowest BCUT2D eigenvalue weighted by Gasteiger charge is -2.28. The number of hydrogen-bond acceptors (Lipinski definition) is 5. The van der Waals surface area contributed by atoms with Crippen molar-refractivity contribution in [2.24, 2.45) is 5.92 Å². The molecule has 0 bridgehead atoms. The zero-order chi connectivity index (χ0) is 33.7.